The highest BCUT2D eigenvalue weighted by atomic mass is 19.1. The van der Waals surface area contributed by atoms with E-state index < -0.39 is 34.3 Å². The summed E-state index contributed by atoms with van der Waals surface area (Å²) in [6.45, 7) is 15.9. The zero-order valence-corrected chi connectivity index (χ0v) is 25.7. The fraction of sp³-hybridized carbons (Fsp3) is 0.364. The van der Waals surface area contributed by atoms with Gasteiger partial charge in [-0.05, 0) is 61.1 Å². The summed E-state index contributed by atoms with van der Waals surface area (Å²) in [5.74, 6) is -2.35. The summed E-state index contributed by atoms with van der Waals surface area (Å²) in [4.78, 5) is 43.7. The number of aromatic nitrogens is 4. The first-order valence-electron chi connectivity index (χ1n) is 14.6. The van der Waals surface area contributed by atoms with E-state index in [0.717, 1.165) is 17.2 Å². The van der Waals surface area contributed by atoms with E-state index in [2.05, 4.69) is 21.5 Å². The van der Waals surface area contributed by atoms with Gasteiger partial charge in [0.1, 0.15) is 23.1 Å². The molecule has 0 radical (unpaired) electrons. The van der Waals surface area contributed by atoms with Crippen molar-refractivity contribution in [2.24, 2.45) is 0 Å². The lowest BCUT2D eigenvalue weighted by atomic mass is 9.95. The van der Waals surface area contributed by atoms with Crippen molar-refractivity contribution < 1.29 is 18.7 Å². The van der Waals surface area contributed by atoms with Crippen LogP contribution in [0.15, 0.2) is 54.1 Å². The average Bonchev–Trinajstić information content (AvgIpc) is 2.97. The lowest BCUT2D eigenvalue weighted by molar-refractivity contribution is -0.128. The molecule has 0 bridgehead atoms. The minimum atomic E-state index is -0.893. The summed E-state index contributed by atoms with van der Waals surface area (Å²) in [7, 11) is 0. The maximum Gasteiger partial charge on any atom is 0.355 e. The third-order valence-corrected chi connectivity index (χ3v) is 8.19. The summed E-state index contributed by atoms with van der Waals surface area (Å²) in [5.41, 5.74) is 0.597. The number of carbonyl (C=O) groups is 1. The lowest BCUT2D eigenvalue weighted by Gasteiger charge is -2.44. The molecule has 1 N–H and O–H groups in total. The number of amides is 1. The molecule has 0 aliphatic carbocycles. The van der Waals surface area contributed by atoms with Gasteiger partial charge >= 0.3 is 5.69 Å². The summed E-state index contributed by atoms with van der Waals surface area (Å²) >= 11 is 0. The van der Waals surface area contributed by atoms with Gasteiger partial charge in [0.05, 0.1) is 16.6 Å². The molecule has 1 aliphatic heterocycles. The van der Waals surface area contributed by atoms with Gasteiger partial charge in [0.25, 0.3) is 0 Å². The van der Waals surface area contributed by atoms with Gasteiger partial charge < -0.3 is 14.9 Å². The Balaban J connectivity index is 1.88. The van der Waals surface area contributed by atoms with Crippen molar-refractivity contribution in [2.45, 2.75) is 65.5 Å². The SMILES string of the molecule is C=CC(=O)N1CC(C)N(c2nc(=O)n(-c3c(C(C)C)cncc3C(C)C)c3nc(-c4c(O)cccc4F)c(F)cc23)CC1C. The zero-order chi connectivity index (χ0) is 32.0. The van der Waals surface area contributed by atoms with Crippen molar-refractivity contribution in [3.63, 3.8) is 0 Å². The molecule has 1 aromatic carbocycles. The quantitative estimate of drug-likeness (QED) is 0.283. The Hall–Kier alpha value is -4.67. The monoisotopic (exact) mass is 602 g/mol. The first kappa shape index (κ1) is 30.8. The molecule has 11 heteroatoms. The number of phenolic OH excluding ortho intramolecular Hbond substituents is 1. The summed E-state index contributed by atoms with van der Waals surface area (Å²) in [5, 5.41) is 10.8. The highest BCUT2D eigenvalue weighted by Gasteiger charge is 2.34. The highest BCUT2D eigenvalue weighted by Crippen LogP contribution is 2.38. The number of pyridine rings is 2. The largest absolute Gasteiger partial charge is 0.507 e. The van der Waals surface area contributed by atoms with Gasteiger partial charge in [-0.25, -0.2) is 23.1 Å². The molecule has 4 aromatic rings. The van der Waals surface area contributed by atoms with E-state index in [1.165, 1.54) is 28.8 Å². The molecule has 2 unspecified atom stereocenters. The van der Waals surface area contributed by atoms with Crippen LogP contribution in [0.3, 0.4) is 0 Å². The van der Waals surface area contributed by atoms with Crippen LogP contribution in [0.4, 0.5) is 14.6 Å². The minimum absolute atomic E-state index is 0.0512. The van der Waals surface area contributed by atoms with E-state index >= 15 is 8.78 Å². The number of piperazine rings is 1. The molecule has 1 saturated heterocycles. The number of halogens is 2. The zero-order valence-electron chi connectivity index (χ0n) is 25.7. The molecule has 1 aliphatic rings. The Labute approximate surface area is 254 Å². The molecular formula is C33H36F2N6O3. The molecule has 230 valence electrons. The number of hydrogen-bond acceptors (Lipinski definition) is 7. The number of fused-ring (bicyclic) bond motifs is 1. The van der Waals surface area contributed by atoms with Crippen LogP contribution in [-0.4, -0.2) is 60.6 Å². The molecule has 3 aromatic heterocycles. The van der Waals surface area contributed by atoms with Crippen molar-refractivity contribution >= 4 is 22.8 Å². The lowest BCUT2D eigenvalue weighted by Crippen LogP contribution is -2.58. The van der Waals surface area contributed by atoms with Crippen LogP contribution < -0.4 is 10.6 Å². The summed E-state index contributed by atoms with van der Waals surface area (Å²) in [6, 6.07) is 4.30. The van der Waals surface area contributed by atoms with Crippen LogP contribution in [0.2, 0.25) is 0 Å². The van der Waals surface area contributed by atoms with Crippen molar-refractivity contribution in [2.75, 3.05) is 18.0 Å². The predicted octanol–water partition coefficient (Wildman–Crippen LogP) is 5.68. The van der Waals surface area contributed by atoms with Crippen LogP contribution in [-0.2, 0) is 4.79 Å². The molecule has 9 nitrogen and oxygen atoms in total. The number of nitrogens with zero attached hydrogens (tertiary/aromatic N) is 6. The number of benzene rings is 1. The second-order valence-electron chi connectivity index (χ2n) is 11.9. The Morgan fingerprint density at radius 1 is 1.02 bits per heavy atom. The smallest absolute Gasteiger partial charge is 0.355 e. The van der Waals surface area contributed by atoms with Gasteiger partial charge in [0.2, 0.25) is 5.91 Å². The average molecular weight is 603 g/mol. The molecule has 0 saturated carbocycles. The van der Waals surface area contributed by atoms with Crippen LogP contribution in [0, 0.1) is 11.6 Å². The third kappa shape index (κ3) is 5.20. The maximum absolute atomic E-state index is 16.0. The van der Waals surface area contributed by atoms with Crippen molar-refractivity contribution in [1.29, 1.82) is 0 Å². The normalized spacial score (nSPS) is 17.1. The van der Waals surface area contributed by atoms with Gasteiger partial charge in [-0.3, -0.25) is 9.78 Å². The Kier molecular flexibility index (Phi) is 8.24. The van der Waals surface area contributed by atoms with E-state index in [1.807, 2.05) is 46.4 Å². The Morgan fingerprint density at radius 3 is 2.27 bits per heavy atom. The van der Waals surface area contributed by atoms with Crippen molar-refractivity contribution in [3.05, 3.63) is 82.6 Å². The standard InChI is InChI=1S/C33H36F2N6O3/c1-8-27(43)39-15-20(7)40(16-19(39)6)31-21-12-25(35)29(28-24(34)10-9-11-26(28)42)37-32(21)41(33(44)38-31)30-22(17(2)3)13-36-14-23(30)18(4)5/h8-14,17-20,42H,1,15-16H2,2-7H3. The van der Waals surface area contributed by atoms with E-state index in [1.54, 1.807) is 17.3 Å². The van der Waals surface area contributed by atoms with Crippen molar-refractivity contribution in [3.8, 4) is 22.7 Å². The molecule has 5 rings (SSSR count). The predicted molar refractivity (Wildman–Crippen MR) is 166 cm³/mol. The van der Waals surface area contributed by atoms with E-state index in [9.17, 15) is 14.7 Å². The number of phenols is 1. The van der Waals surface area contributed by atoms with Gasteiger partial charge in [-0.1, -0.05) is 40.3 Å². The van der Waals surface area contributed by atoms with Crippen LogP contribution in [0.25, 0.3) is 28.0 Å². The van der Waals surface area contributed by atoms with Crippen molar-refractivity contribution in [1.82, 2.24) is 24.4 Å². The molecule has 4 heterocycles. The number of hydrogen-bond donors (Lipinski definition) is 1. The van der Waals surface area contributed by atoms with Crippen LogP contribution in [0.5, 0.6) is 5.75 Å². The first-order chi connectivity index (χ1) is 20.8. The number of rotatable bonds is 6. The van der Waals surface area contributed by atoms with Crippen LogP contribution >= 0.6 is 0 Å². The van der Waals surface area contributed by atoms with Gasteiger partial charge in [0, 0.05) is 37.6 Å². The van der Waals surface area contributed by atoms with Gasteiger partial charge in [-0.15, -0.1) is 0 Å². The van der Waals surface area contributed by atoms with E-state index in [-0.39, 0.29) is 46.7 Å². The number of anilines is 1. The van der Waals surface area contributed by atoms with Gasteiger partial charge in [-0.2, -0.15) is 4.98 Å². The highest BCUT2D eigenvalue weighted by molar-refractivity contribution is 5.91. The summed E-state index contributed by atoms with van der Waals surface area (Å²) < 4.78 is 32.4. The maximum atomic E-state index is 16.0. The molecule has 1 amide bonds. The second kappa shape index (κ2) is 11.8. The molecule has 2 atom stereocenters. The fourth-order valence-electron chi connectivity index (χ4n) is 5.88. The van der Waals surface area contributed by atoms with Gasteiger partial charge in [0.15, 0.2) is 11.5 Å². The van der Waals surface area contributed by atoms with E-state index in [4.69, 9.17) is 0 Å². The molecular weight excluding hydrogens is 566 g/mol. The second-order valence-corrected chi connectivity index (χ2v) is 11.9. The minimum Gasteiger partial charge on any atom is -0.507 e. The molecule has 0 spiro atoms. The fourth-order valence-corrected chi connectivity index (χ4v) is 5.88. The third-order valence-electron chi connectivity index (χ3n) is 8.19. The molecule has 44 heavy (non-hydrogen) atoms. The number of aromatic hydroxyl groups is 1. The van der Waals surface area contributed by atoms with Crippen LogP contribution in [0.1, 0.15) is 64.5 Å². The number of carbonyl (C=O) groups excluding carboxylic acids is 1. The van der Waals surface area contributed by atoms with E-state index in [0.29, 0.717) is 18.8 Å². The summed E-state index contributed by atoms with van der Waals surface area (Å²) in [6.07, 6.45) is 4.63. The Bertz CT molecular complexity index is 1790. The first-order valence-corrected chi connectivity index (χ1v) is 14.6. The Morgan fingerprint density at radius 2 is 1.68 bits per heavy atom. The molecule has 1 fully saturated rings. The topological polar surface area (TPSA) is 104 Å².